The van der Waals surface area contributed by atoms with E-state index in [0.717, 1.165) is 16.8 Å². The van der Waals surface area contributed by atoms with Crippen LogP contribution in [0.2, 0.25) is 5.02 Å². The molecule has 0 saturated carbocycles. The molecule has 7 heteroatoms. The summed E-state index contributed by atoms with van der Waals surface area (Å²) < 4.78 is 1.74. The second-order valence-corrected chi connectivity index (χ2v) is 8.00. The van der Waals surface area contributed by atoms with Crippen LogP contribution in [0.1, 0.15) is 28.9 Å². The van der Waals surface area contributed by atoms with Crippen LogP contribution in [-0.2, 0) is 0 Å². The molecule has 0 aliphatic rings. The number of hydrogen-bond acceptors (Lipinski definition) is 4. The number of amides is 1. The first-order valence-electron chi connectivity index (χ1n) is 10.2. The Morgan fingerprint density at radius 2 is 1.56 bits per heavy atom. The van der Waals surface area contributed by atoms with Gasteiger partial charge in [0.2, 0.25) is 0 Å². The zero-order chi connectivity index (χ0) is 22.2. The van der Waals surface area contributed by atoms with E-state index in [-0.39, 0.29) is 17.8 Å². The summed E-state index contributed by atoms with van der Waals surface area (Å²) in [6.45, 7) is 1.93. The Labute approximate surface area is 189 Å². The molecule has 0 spiro atoms. The third kappa shape index (κ3) is 3.44. The van der Waals surface area contributed by atoms with Crippen LogP contribution in [0.15, 0.2) is 78.9 Å². The van der Waals surface area contributed by atoms with Gasteiger partial charge in [0.25, 0.3) is 5.91 Å². The molecule has 0 saturated heterocycles. The number of nitrogens with zero attached hydrogens (tertiary/aromatic N) is 3. The third-order valence-corrected chi connectivity index (χ3v) is 5.71. The van der Waals surface area contributed by atoms with Crippen molar-refractivity contribution in [1.82, 2.24) is 19.9 Å². The molecule has 32 heavy (non-hydrogen) atoms. The molecule has 5 aromatic rings. The normalized spacial score (nSPS) is 12.2. The number of halogens is 1. The van der Waals surface area contributed by atoms with Gasteiger partial charge in [-0.15, -0.1) is 0 Å². The molecule has 0 bridgehead atoms. The maximum absolute atomic E-state index is 13.4. The first kappa shape index (κ1) is 20.0. The number of aromatic nitrogens is 3. The highest BCUT2D eigenvalue weighted by atomic mass is 35.5. The number of carbonyl (C=O) groups excluding carboxylic acids is 1. The van der Waals surface area contributed by atoms with Gasteiger partial charge in [0.1, 0.15) is 16.9 Å². The molecule has 3 N–H and O–H groups in total. The number of nitrogens with two attached hydrogens (primary N) is 1. The smallest absolute Gasteiger partial charge is 0.257 e. The van der Waals surface area contributed by atoms with Gasteiger partial charge in [-0.1, -0.05) is 54.1 Å². The molecule has 0 radical (unpaired) electrons. The summed E-state index contributed by atoms with van der Waals surface area (Å²) in [5.41, 5.74) is 11.0. The zero-order valence-electron chi connectivity index (χ0n) is 17.3. The van der Waals surface area contributed by atoms with Crippen molar-refractivity contribution < 1.29 is 4.79 Å². The van der Waals surface area contributed by atoms with Crippen molar-refractivity contribution in [2.45, 2.75) is 13.0 Å². The molecule has 0 aliphatic carbocycles. The summed E-state index contributed by atoms with van der Waals surface area (Å²) in [5.74, 6) is -0.0310. The Kier molecular flexibility index (Phi) is 4.99. The van der Waals surface area contributed by atoms with Crippen LogP contribution < -0.4 is 11.1 Å². The van der Waals surface area contributed by atoms with Gasteiger partial charge in [-0.3, -0.25) is 9.36 Å². The lowest BCUT2D eigenvalue weighted by Gasteiger charge is -2.14. The van der Waals surface area contributed by atoms with Gasteiger partial charge in [-0.25, -0.2) is 9.97 Å². The molecule has 2 aromatic heterocycles. The van der Waals surface area contributed by atoms with Gasteiger partial charge >= 0.3 is 0 Å². The van der Waals surface area contributed by atoms with Crippen LogP contribution in [0.5, 0.6) is 0 Å². The van der Waals surface area contributed by atoms with E-state index in [9.17, 15) is 4.79 Å². The van der Waals surface area contributed by atoms with Gasteiger partial charge in [-0.05, 0) is 48.9 Å². The van der Waals surface area contributed by atoms with E-state index in [4.69, 9.17) is 27.3 Å². The molecule has 1 atom stereocenters. The average molecular weight is 442 g/mol. The summed E-state index contributed by atoms with van der Waals surface area (Å²) in [6, 6.07) is 24.3. The first-order chi connectivity index (χ1) is 15.5. The fourth-order valence-corrected chi connectivity index (χ4v) is 3.96. The lowest BCUT2D eigenvalue weighted by atomic mass is 10.1. The summed E-state index contributed by atoms with van der Waals surface area (Å²) in [6.07, 6.45) is 0. The van der Waals surface area contributed by atoms with E-state index in [0.29, 0.717) is 27.3 Å². The van der Waals surface area contributed by atoms with Crippen molar-refractivity contribution >= 4 is 45.5 Å². The SMILES string of the molecule is C[C@H](NC(=O)c1c(N)n(-c2ccc(Cl)cc2)c2nc3ccccc3nc12)c1ccccc1. The molecule has 0 fully saturated rings. The number of rotatable bonds is 4. The Bertz CT molecular complexity index is 1440. The fraction of sp³-hybridized carbons (Fsp3) is 0.0800. The van der Waals surface area contributed by atoms with Crippen LogP contribution in [0.3, 0.4) is 0 Å². The number of hydrogen-bond donors (Lipinski definition) is 2. The van der Waals surface area contributed by atoms with E-state index in [1.807, 2.05) is 73.7 Å². The monoisotopic (exact) mass is 441 g/mol. The third-order valence-electron chi connectivity index (χ3n) is 5.46. The highest BCUT2D eigenvalue weighted by Gasteiger charge is 2.25. The molecule has 5 rings (SSSR count). The van der Waals surface area contributed by atoms with Gasteiger partial charge in [-0.2, -0.15) is 0 Å². The Hall–Kier alpha value is -3.90. The Morgan fingerprint density at radius 1 is 0.938 bits per heavy atom. The molecule has 0 aliphatic heterocycles. The van der Waals surface area contributed by atoms with E-state index >= 15 is 0 Å². The molecule has 1 amide bonds. The number of benzene rings is 3. The number of anilines is 1. The fourth-order valence-electron chi connectivity index (χ4n) is 3.83. The molecule has 2 heterocycles. The number of nitrogen functional groups attached to an aromatic ring is 1. The molecule has 3 aromatic carbocycles. The van der Waals surface area contributed by atoms with Crippen LogP contribution in [0, 0.1) is 0 Å². The number of para-hydroxylation sites is 2. The van der Waals surface area contributed by atoms with E-state index in [1.54, 1.807) is 16.7 Å². The molecule has 6 nitrogen and oxygen atoms in total. The van der Waals surface area contributed by atoms with Crippen molar-refractivity contribution in [2.75, 3.05) is 5.73 Å². The van der Waals surface area contributed by atoms with Crippen molar-refractivity contribution in [3.05, 3.63) is 95.0 Å². The van der Waals surface area contributed by atoms with Crippen molar-refractivity contribution in [3.63, 3.8) is 0 Å². The summed E-state index contributed by atoms with van der Waals surface area (Å²) in [5, 5.41) is 3.65. The number of nitrogens with one attached hydrogen (secondary N) is 1. The summed E-state index contributed by atoms with van der Waals surface area (Å²) >= 11 is 6.07. The second-order valence-electron chi connectivity index (χ2n) is 7.56. The molecular formula is C25H20ClN5O. The molecular weight excluding hydrogens is 422 g/mol. The van der Waals surface area contributed by atoms with Gasteiger partial charge in [0.15, 0.2) is 5.65 Å². The topological polar surface area (TPSA) is 85.8 Å². The van der Waals surface area contributed by atoms with Crippen LogP contribution in [0.4, 0.5) is 5.82 Å². The van der Waals surface area contributed by atoms with Gasteiger partial charge in [0, 0.05) is 10.7 Å². The summed E-state index contributed by atoms with van der Waals surface area (Å²) in [7, 11) is 0. The maximum atomic E-state index is 13.4. The first-order valence-corrected chi connectivity index (χ1v) is 10.6. The molecule has 0 unspecified atom stereocenters. The van der Waals surface area contributed by atoms with E-state index in [1.165, 1.54) is 0 Å². The van der Waals surface area contributed by atoms with Crippen molar-refractivity contribution in [3.8, 4) is 5.69 Å². The average Bonchev–Trinajstić information content (AvgIpc) is 3.09. The standard InChI is InChI=1S/C25H20ClN5O/c1-15(16-7-3-2-4-8-16)28-25(32)21-22-24(30-20-10-6-5-9-19(20)29-22)31(23(21)27)18-13-11-17(26)12-14-18/h2-15H,27H2,1H3,(H,28,32)/t15-/m0/s1. The van der Waals surface area contributed by atoms with Crippen molar-refractivity contribution in [2.24, 2.45) is 0 Å². The largest absolute Gasteiger partial charge is 0.384 e. The minimum atomic E-state index is -0.304. The van der Waals surface area contributed by atoms with Crippen molar-refractivity contribution in [1.29, 1.82) is 0 Å². The van der Waals surface area contributed by atoms with E-state index in [2.05, 4.69) is 5.32 Å². The minimum Gasteiger partial charge on any atom is -0.384 e. The quantitative estimate of drug-likeness (QED) is 0.396. The Balaban J connectivity index is 1.69. The van der Waals surface area contributed by atoms with Crippen LogP contribution in [-0.4, -0.2) is 20.4 Å². The van der Waals surface area contributed by atoms with Crippen LogP contribution >= 0.6 is 11.6 Å². The minimum absolute atomic E-state index is 0.203. The lowest BCUT2D eigenvalue weighted by Crippen LogP contribution is -2.27. The molecule has 158 valence electrons. The van der Waals surface area contributed by atoms with E-state index < -0.39 is 0 Å². The highest BCUT2D eigenvalue weighted by molar-refractivity contribution is 6.30. The second kappa shape index (κ2) is 7.98. The summed E-state index contributed by atoms with van der Waals surface area (Å²) in [4.78, 5) is 22.9. The zero-order valence-corrected chi connectivity index (χ0v) is 18.0. The number of carbonyl (C=O) groups is 1. The predicted octanol–water partition coefficient (Wildman–Crippen LogP) is 5.30. The highest BCUT2D eigenvalue weighted by Crippen LogP contribution is 2.31. The Morgan fingerprint density at radius 3 is 2.25 bits per heavy atom. The van der Waals surface area contributed by atoms with Crippen LogP contribution in [0.25, 0.3) is 27.9 Å². The lowest BCUT2D eigenvalue weighted by molar-refractivity contribution is 0.0942. The van der Waals surface area contributed by atoms with Gasteiger partial charge in [0.05, 0.1) is 17.1 Å². The van der Waals surface area contributed by atoms with Gasteiger partial charge < -0.3 is 11.1 Å². The number of fused-ring (bicyclic) bond motifs is 2. The maximum Gasteiger partial charge on any atom is 0.257 e. The predicted molar refractivity (Wildman–Crippen MR) is 128 cm³/mol.